The number of benzene rings is 2. The van der Waals surface area contributed by atoms with Crippen molar-refractivity contribution in [1.82, 2.24) is 0 Å². The van der Waals surface area contributed by atoms with Crippen molar-refractivity contribution in [3.05, 3.63) is 53.9 Å². The minimum atomic E-state index is -0.245. The van der Waals surface area contributed by atoms with Crippen LogP contribution in [-0.4, -0.2) is 7.11 Å². The van der Waals surface area contributed by atoms with Crippen LogP contribution in [0.15, 0.2) is 42.5 Å². The molecule has 0 aromatic heterocycles. The third kappa shape index (κ3) is 4.90. The molecule has 0 bridgehead atoms. The first-order chi connectivity index (χ1) is 14.7. The van der Waals surface area contributed by atoms with Crippen LogP contribution in [0.2, 0.25) is 0 Å². The first kappa shape index (κ1) is 21.4. The first-order valence-corrected chi connectivity index (χ1v) is 12.1. The molecule has 2 aromatic rings. The largest absolute Gasteiger partial charge is 0.494 e. The van der Waals surface area contributed by atoms with Gasteiger partial charge in [-0.3, -0.25) is 0 Å². The van der Waals surface area contributed by atoms with Crippen molar-refractivity contribution in [2.45, 2.75) is 77.0 Å². The highest BCUT2D eigenvalue weighted by atomic mass is 19.1. The van der Waals surface area contributed by atoms with Gasteiger partial charge in [-0.2, -0.15) is 0 Å². The fourth-order valence-corrected chi connectivity index (χ4v) is 5.90. The SMILES string of the molecule is C/C=C/C1CCC(CCC2CCC(c3ccc4c(F)c(OC)ccc4c3)CC2)CC1. The van der Waals surface area contributed by atoms with Gasteiger partial charge in [0.1, 0.15) is 0 Å². The van der Waals surface area contributed by atoms with Crippen LogP contribution in [0.1, 0.15) is 82.6 Å². The smallest absolute Gasteiger partial charge is 0.172 e. The van der Waals surface area contributed by atoms with Gasteiger partial charge in [-0.15, -0.1) is 0 Å². The predicted octanol–water partition coefficient (Wildman–Crippen LogP) is 8.42. The number of hydrogen-bond acceptors (Lipinski definition) is 1. The summed E-state index contributed by atoms with van der Waals surface area (Å²) in [6, 6.07) is 10.0. The van der Waals surface area contributed by atoms with Gasteiger partial charge >= 0.3 is 0 Å². The highest BCUT2D eigenvalue weighted by molar-refractivity contribution is 5.85. The van der Waals surface area contributed by atoms with E-state index in [1.165, 1.54) is 76.9 Å². The first-order valence-electron chi connectivity index (χ1n) is 12.1. The lowest BCUT2D eigenvalue weighted by atomic mass is 9.74. The van der Waals surface area contributed by atoms with Crippen LogP contribution in [0, 0.1) is 23.6 Å². The molecule has 162 valence electrons. The number of allylic oxidation sites excluding steroid dienone is 2. The van der Waals surface area contributed by atoms with Gasteiger partial charge < -0.3 is 4.74 Å². The molecule has 0 N–H and O–H groups in total. The van der Waals surface area contributed by atoms with Crippen LogP contribution >= 0.6 is 0 Å². The second-order valence-corrected chi connectivity index (χ2v) is 9.66. The van der Waals surface area contributed by atoms with E-state index in [0.29, 0.717) is 17.1 Å². The van der Waals surface area contributed by atoms with Crippen molar-refractivity contribution >= 4 is 10.8 Å². The van der Waals surface area contributed by atoms with Gasteiger partial charge in [0, 0.05) is 5.39 Å². The lowest BCUT2D eigenvalue weighted by Gasteiger charge is -2.31. The molecule has 2 heteroatoms. The van der Waals surface area contributed by atoms with Gasteiger partial charge in [0.2, 0.25) is 0 Å². The van der Waals surface area contributed by atoms with Crippen molar-refractivity contribution in [2.75, 3.05) is 7.11 Å². The van der Waals surface area contributed by atoms with E-state index in [2.05, 4.69) is 31.2 Å². The number of ether oxygens (including phenoxy) is 1. The quantitative estimate of drug-likeness (QED) is 0.436. The molecule has 2 aliphatic carbocycles. The molecule has 2 saturated carbocycles. The van der Waals surface area contributed by atoms with Crippen LogP contribution in [-0.2, 0) is 0 Å². The molecule has 0 heterocycles. The van der Waals surface area contributed by atoms with E-state index < -0.39 is 0 Å². The maximum absolute atomic E-state index is 14.5. The van der Waals surface area contributed by atoms with E-state index >= 15 is 0 Å². The van der Waals surface area contributed by atoms with Crippen molar-refractivity contribution in [3.63, 3.8) is 0 Å². The van der Waals surface area contributed by atoms with Crippen molar-refractivity contribution in [1.29, 1.82) is 0 Å². The van der Waals surface area contributed by atoms with Crippen LogP contribution in [0.5, 0.6) is 5.75 Å². The monoisotopic (exact) mass is 408 g/mol. The van der Waals surface area contributed by atoms with Gasteiger partial charge in [0.25, 0.3) is 0 Å². The Morgan fingerprint density at radius 2 is 1.57 bits per heavy atom. The summed E-state index contributed by atoms with van der Waals surface area (Å²) in [5.41, 5.74) is 1.38. The molecular formula is C28H37FO. The zero-order valence-electron chi connectivity index (χ0n) is 18.7. The molecule has 4 rings (SSSR count). The summed E-state index contributed by atoms with van der Waals surface area (Å²) in [7, 11) is 1.52. The summed E-state index contributed by atoms with van der Waals surface area (Å²) in [6.45, 7) is 2.15. The maximum Gasteiger partial charge on any atom is 0.172 e. The molecule has 1 nitrogen and oxygen atoms in total. The Morgan fingerprint density at radius 3 is 2.20 bits per heavy atom. The Bertz CT molecular complexity index is 854. The summed E-state index contributed by atoms with van der Waals surface area (Å²) in [6.07, 6.45) is 18.4. The lowest BCUT2D eigenvalue weighted by molar-refractivity contribution is 0.246. The van der Waals surface area contributed by atoms with Gasteiger partial charge in [0.05, 0.1) is 7.11 Å². The van der Waals surface area contributed by atoms with Crippen LogP contribution < -0.4 is 4.74 Å². The Balaban J connectivity index is 1.27. The molecule has 0 unspecified atom stereocenters. The molecule has 0 radical (unpaired) electrons. The van der Waals surface area contributed by atoms with E-state index in [1.54, 1.807) is 6.07 Å². The number of halogens is 1. The van der Waals surface area contributed by atoms with E-state index in [0.717, 1.165) is 23.1 Å². The second-order valence-electron chi connectivity index (χ2n) is 9.66. The Labute approximate surface area is 181 Å². The van der Waals surface area contributed by atoms with Crippen LogP contribution in [0.4, 0.5) is 4.39 Å². The van der Waals surface area contributed by atoms with E-state index in [-0.39, 0.29) is 5.82 Å². The van der Waals surface area contributed by atoms with Gasteiger partial charge in [-0.25, -0.2) is 4.39 Å². The predicted molar refractivity (Wildman–Crippen MR) is 125 cm³/mol. The molecule has 0 spiro atoms. The molecule has 2 aromatic carbocycles. The molecule has 0 saturated heterocycles. The number of hydrogen-bond donors (Lipinski definition) is 0. The lowest BCUT2D eigenvalue weighted by Crippen LogP contribution is -2.17. The highest BCUT2D eigenvalue weighted by Gasteiger charge is 2.25. The van der Waals surface area contributed by atoms with Gasteiger partial charge in [-0.1, -0.05) is 49.3 Å². The summed E-state index contributed by atoms with van der Waals surface area (Å²) in [5, 5.41) is 1.65. The minimum Gasteiger partial charge on any atom is -0.494 e. The molecule has 2 aliphatic rings. The van der Waals surface area contributed by atoms with Crippen LogP contribution in [0.3, 0.4) is 0 Å². The molecular weight excluding hydrogens is 371 g/mol. The third-order valence-corrected chi connectivity index (χ3v) is 7.82. The Morgan fingerprint density at radius 1 is 0.900 bits per heavy atom. The molecule has 30 heavy (non-hydrogen) atoms. The second kappa shape index (κ2) is 9.98. The normalized spacial score (nSPS) is 27.6. The number of fused-ring (bicyclic) bond motifs is 1. The van der Waals surface area contributed by atoms with E-state index in [1.807, 2.05) is 12.1 Å². The molecule has 0 aliphatic heterocycles. The average molecular weight is 409 g/mol. The third-order valence-electron chi connectivity index (χ3n) is 7.82. The topological polar surface area (TPSA) is 9.23 Å². The standard InChI is InChI=1S/C28H37FO/c1-3-4-20-5-7-21(8-6-20)9-10-22-11-13-23(14-12-22)24-15-17-26-25(19-24)16-18-27(30-2)28(26)29/h3-4,15-23H,5-14H2,1-2H3/b4-3+. The van der Waals surface area contributed by atoms with Crippen molar-refractivity contribution in [2.24, 2.45) is 17.8 Å². The van der Waals surface area contributed by atoms with Crippen LogP contribution in [0.25, 0.3) is 10.8 Å². The summed E-state index contributed by atoms with van der Waals surface area (Å²) in [5.74, 6) is 3.44. The minimum absolute atomic E-state index is 0.245. The molecule has 0 amide bonds. The van der Waals surface area contributed by atoms with E-state index in [9.17, 15) is 4.39 Å². The Hall–Kier alpha value is -1.83. The summed E-state index contributed by atoms with van der Waals surface area (Å²) >= 11 is 0. The van der Waals surface area contributed by atoms with Gasteiger partial charge in [0.15, 0.2) is 11.6 Å². The van der Waals surface area contributed by atoms with Gasteiger partial charge in [-0.05, 0) is 99.0 Å². The fraction of sp³-hybridized carbons (Fsp3) is 0.571. The zero-order chi connectivity index (χ0) is 20.9. The van der Waals surface area contributed by atoms with Crippen molar-refractivity contribution < 1.29 is 9.13 Å². The number of methoxy groups -OCH3 is 1. The number of rotatable bonds is 6. The van der Waals surface area contributed by atoms with Crippen molar-refractivity contribution in [3.8, 4) is 5.75 Å². The molecule has 0 atom stereocenters. The zero-order valence-corrected chi connectivity index (χ0v) is 18.7. The fourth-order valence-electron chi connectivity index (χ4n) is 5.90. The Kier molecular flexibility index (Phi) is 7.12. The summed E-state index contributed by atoms with van der Waals surface area (Å²) < 4.78 is 19.6. The highest BCUT2D eigenvalue weighted by Crippen LogP contribution is 2.41. The summed E-state index contributed by atoms with van der Waals surface area (Å²) in [4.78, 5) is 0. The molecule has 2 fully saturated rings. The maximum atomic E-state index is 14.5. The average Bonchev–Trinajstić information content (AvgIpc) is 2.79. The van der Waals surface area contributed by atoms with E-state index in [4.69, 9.17) is 4.74 Å².